The number of benzene rings is 1. The first-order valence-electron chi connectivity index (χ1n) is 5.32. The summed E-state index contributed by atoms with van der Waals surface area (Å²) in [6.07, 6.45) is 0.592. The lowest BCUT2D eigenvalue weighted by atomic mass is 9.96. The van der Waals surface area contributed by atoms with E-state index in [1.807, 2.05) is 6.92 Å². The number of fused-ring (bicyclic) bond motifs is 1. The molecule has 0 unspecified atom stereocenters. The molecule has 1 aliphatic heterocycles. The molecule has 4 heteroatoms. The van der Waals surface area contributed by atoms with E-state index >= 15 is 0 Å². The number of carbonyl (C=O) groups is 1. The lowest BCUT2D eigenvalue weighted by Crippen LogP contribution is -2.25. The summed E-state index contributed by atoms with van der Waals surface area (Å²) in [5, 5.41) is 19.3. The Morgan fingerprint density at radius 3 is 2.75 bits per heavy atom. The Labute approximate surface area is 93.5 Å². The molecule has 0 radical (unpaired) electrons. The van der Waals surface area contributed by atoms with Gasteiger partial charge in [0.2, 0.25) is 0 Å². The normalized spacial score (nSPS) is 19.1. The average molecular weight is 222 g/mol. The van der Waals surface area contributed by atoms with Crippen LogP contribution in [0, 0.1) is 0 Å². The van der Waals surface area contributed by atoms with E-state index in [4.69, 9.17) is 4.74 Å². The van der Waals surface area contributed by atoms with Crippen LogP contribution in [0.3, 0.4) is 0 Å². The number of aromatic hydroxyl groups is 2. The highest BCUT2D eigenvalue weighted by Gasteiger charge is 2.30. The van der Waals surface area contributed by atoms with Crippen molar-refractivity contribution < 1.29 is 19.7 Å². The van der Waals surface area contributed by atoms with Gasteiger partial charge in [0.15, 0.2) is 5.78 Å². The number of rotatable bonds is 1. The first-order chi connectivity index (χ1) is 7.54. The van der Waals surface area contributed by atoms with Gasteiger partial charge in [-0.2, -0.15) is 0 Å². The van der Waals surface area contributed by atoms with Crippen LogP contribution in [0.5, 0.6) is 17.2 Å². The van der Waals surface area contributed by atoms with Crippen molar-refractivity contribution in [3.8, 4) is 17.2 Å². The molecular formula is C12H14O4. The van der Waals surface area contributed by atoms with Crippen LogP contribution < -0.4 is 4.74 Å². The van der Waals surface area contributed by atoms with E-state index in [9.17, 15) is 15.0 Å². The first kappa shape index (κ1) is 10.8. The molecule has 0 bridgehead atoms. The molecule has 1 aromatic carbocycles. The Morgan fingerprint density at radius 2 is 2.12 bits per heavy atom. The van der Waals surface area contributed by atoms with Gasteiger partial charge in [0.05, 0.1) is 0 Å². The van der Waals surface area contributed by atoms with Gasteiger partial charge < -0.3 is 14.9 Å². The fourth-order valence-electron chi connectivity index (χ4n) is 2.02. The molecule has 1 atom stereocenters. The molecule has 0 saturated heterocycles. The minimum atomic E-state index is -0.216. The highest BCUT2D eigenvalue weighted by atomic mass is 16.5. The van der Waals surface area contributed by atoms with E-state index in [0.29, 0.717) is 17.7 Å². The molecule has 4 nitrogen and oxygen atoms in total. The molecule has 0 saturated carbocycles. The van der Waals surface area contributed by atoms with Crippen LogP contribution in [0.25, 0.3) is 0 Å². The molecule has 0 fully saturated rings. The second-order valence-electron chi connectivity index (χ2n) is 4.01. The number of phenols is 2. The summed E-state index contributed by atoms with van der Waals surface area (Å²) < 4.78 is 5.55. The predicted molar refractivity (Wildman–Crippen MR) is 58.2 cm³/mol. The summed E-state index contributed by atoms with van der Waals surface area (Å²) in [4.78, 5) is 11.8. The summed E-state index contributed by atoms with van der Waals surface area (Å²) in [5.41, 5.74) is 0.778. The molecule has 1 aromatic rings. The molecule has 0 amide bonds. The van der Waals surface area contributed by atoms with Crippen LogP contribution in [0.15, 0.2) is 6.07 Å². The molecule has 0 aliphatic carbocycles. The third kappa shape index (κ3) is 1.50. The smallest absolute Gasteiger partial charge is 0.174 e. The van der Waals surface area contributed by atoms with Crippen molar-refractivity contribution in [1.82, 2.24) is 0 Å². The Balaban J connectivity index is 2.69. The second-order valence-corrected chi connectivity index (χ2v) is 4.01. The maximum Gasteiger partial charge on any atom is 0.174 e. The van der Waals surface area contributed by atoms with E-state index in [1.165, 1.54) is 6.07 Å². The third-order valence-electron chi connectivity index (χ3n) is 2.76. The summed E-state index contributed by atoms with van der Waals surface area (Å²) in [5.74, 6) is -0.0352. The van der Waals surface area contributed by atoms with Crippen molar-refractivity contribution in [2.45, 2.75) is 32.8 Å². The average Bonchev–Trinajstić information content (AvgIpc) is 2.15. The van der Waals surface area contributed by atoms with E-state index in [-0.39, 0.29) is 35.4 Å². The third-order valence-corrected chi connectivity index (χ3v) is 2.76. The van der Waals surface area contributed by atoms with Gasteiger partial charge in [-0.1, -0.05) is 6.92 Å². The van der Waals surface area contributed by atoms with Gasteiger partial charge in [-0.3, -0.25) is 4.79 Å². The largest absolute Gasteiger partial charge is 0.507 e. The fourth-order valence-corrected chi connectivity index (χ4v) is 2.02. The quantitative estimate of drug-likeness (QED) is 0.762. The summed E-state index contributed by atoms with van der Waals surface area (Å²) in [6, 6.07) is 1.20. The second kappa shape index (κ2) is 3.70. The first-order valence-corrected chi connectivity index (χ1v) is 5.32. The Morgan fingerprint density at radius 1 is 1.44 bits per heavy atom. The van der Waals surface area contributed by atoms with Gasteiger partial charge in [0.25, 0.3) is 0 Å². The van der Waals surface area contributed by atoms with Gasteiger partial charge >= 0.3 is 0 Å². The lowest BCUT2D eigenvalue weighted by Gasteiger charge is -2.25. The number of ether oxygens (including phenoxy) is 1. The lowest BCUT2D eigenvalue weighted by molar-refractivity contribution is 0.0864. The van der Waals surface area contributed by atoms with Crippen LogP contribution in [0.4, 0.5) is 0 Å². The minimum Gasteiger partial charge on any atom is -0.507 e. The van der Waals surface area contributed by atoms with Crippen LogP contribution in [-0.2, 0) is 6.42 Å². The maximum atomic E-state index is 11.8. The Kier molecular flexibility index (Phi) is 2.50. The van der Waals surface area contributed by atoms with Gasteiger partial charge in [0.1, 0.15) is 28.9 Å². The molecule has 0 spiro atoms. The minimum absolute atomic E-state index is 0.0272. The molecular weight excluding hydrogens is 208 g/mol. The highest BCUT2D eigenvalue weighted by molar-refractivity contribution is 6.03. The van der Waals surface area contributed by atoms with E-state index < -0.39 is 0 Å². The van der Waals surface area contributed by atoms with Crippen LogP contribution in [0.1, 0.15) is 36.2 Å². The summed E-state index contributed by atoms with van der Waals surface area (Å²) >= 11 is 0. The number of Topliss-reactive ketones (excluding diaryl/α,β-unsaturated/α-hetero) is 1. The fraction of sp³-hybridized carbons (Fsp3) is 0.417. The number of hydrogen-bond acceptors (Lipinski definition) is 4. The molecule has 1 aliphatic rings. The van der Waals surface area contributed by atoms with E-state index in [2.05, 4.69) is 0 Å². The Hall–Kier alpha value is -1.71. The number of phenolic OH excluding ortho intramolecular Hbond substituents is 2. The summed E-state index contributed by atoms with van der Waals surface area (Å²) in [7, 11) is 0. The van der Waals surface area contributed by atoms with Crippen molar-refractivity contribution in [3.05, 3.63) is 17.2 Å². The molecule has 16 heavy (non-hydrogen) atoms. The van der Waals surface area contributed by atoms with Crippen LogP contribution in [0.2, 0.25) is 0 Å². The predicted octanol–water partition coefficient (Wildman–Crippen LogP) is 2.01. The molecule has 86 valence electrons. The number of hydrogen-bond donors (Lipinski definition) is 2. The zero-order chi connectivity index (χ0) is 11.9. The molecule has 1 heterocycles. The number of ketones is 1. The topological polar surface area (TPSA) is 66.8 Å². The van der Waals surface area contributed by atoms with Crippen molar-refractivity contribution >= 4 is 5.78 Å². The standard InChI is InChI=1S/C12H14O4/c1-3-7-8(13)5-10(15)11-9(14)4-6(2)16-12(7)11/h5-6,13,15H,3-4H2,1-2H3/t6-/m1/s1. The maximum absolute atomic E-state index is 11.8. The van der Waals surface area contributed by atoms with Crippen molar-refractivity contribution in [2.75, 3.05) is 0 Å². The van der Waals surface area contributed by atoms with Gasteiger partial charge in [-0.15, -0.1) is 0 Å². The van der Waals surface area contributed by atoms with Gasteiger partial charge in [-0.25, -0.2) is 0 Å². The zero-order valence-corrected chi connectivity index (χ0v) is 9.28. The number of carbonyl (C=O) groups excluding carboxylic acids is 1. The molecule has 0 aromatic heterocycles. The molecule has 2 N–H and O–H groups in total. The van der Waals surface area contributed by atoms with E-state index in [1.54, 1.807) is 6.92 Å². The van der Waals surface area contributed by atoms with Crippen molar-refractivity contribution in [1.29, 1.82) is 0 Å². The summed E-state index contributed by atoms with van der Waals surface area (Å²) in [6.45, 7) is 3.65. The molecule has 2 rings (SSSR count). The van der Waals surface area contributed by atoms with Crippen molar-refractivity contribution in [3.63, 3.8) is 0 Å². The monoisotopic (exact) mass is 222 g/mol. The van der Waals surface area contributed by atoms with Crippen LogP contribution in [-0.4, -0.2) is 22.1 Å². The van der Waals surface area contributed by atoms with E-state index in [0.717, 1.165) is 0 Å². The van der Waals surface area contributed by atoms with Gasteiger partial charge in [-0.05, 0) is 13.3 Å². The van der Waals surface area contributed by atoms with Crippen molar-refractivity contribution in [2.24, 2.45) is 0 Å². The Bertz CT molecular complexity index is 451. The zero-order valence-electron chi connectivity index (χ0n) is 9.28. The highest BCUT2D eigenvalue weighted by Crippen LogP contribution is 2.42. The van der Waals surface area contributed by atoms with Crippen LogP contribution >= 0.6 is 0 Å². The van der Waals surface area contributed by atoms with Gasteiger partial charge in [0, 0.05) is 18.1 Å². The SMILES string of the molecule is CCc1c(O)cc(O)c2c1O[C@H](C)CC2=O.